The molecule has 1 aliphatic heterocycles. The maximum atomic E-state index is 13.8. The van der Waals surface area contributed by atoms with Crippen LogP contribution in [0.4, 0.5) is 4.39 Å². The van der Waals surface area contributed by atoms with Gasteiger partial charge in [0.15, 0.2) is 4.80 Å². The van der Waals surface area contributed by atoms with Gasteiger partial charge in [-0.2, -0.15) is 0 Å². The Bertz CT molecular complexity index is 1660. The summed E-state index contributed by atoms with van der Waals surface area (Å²) in [6.45, 7) is 1.89. The molecule has 5 rings (SSSR count). The molecular formula is C28H20FIN2O3S. The van der Waals surface area contributed by atoms with Gasteiger partial charge in [0.1, 0.15) is 5.82 Å². The van der Waals surface area contributed by atoms with Crippen molar-refractivity contribution in [1.82, 2.24) is 4.57 Å². The van der Waals surface area contributed by atoms with E-state index in [1.54, 1.807) is 19.1 Å². The number of carbonyl (C=O) groups excluding carboxylic acids is 1. The summed E-state index contributed by atoms with van der Waals surface area (Å²) in [6, 6.07) is 22.1. The number of esters is 1. The third kappa shape index (κ3) is 4.70. The Hall–Kier alpha value is -3.37. The third-order valence-electron chi connectivity index (χ3n) is 5.71. The van der Waals surface area contributed by atoms with Crippen LogP contribution in [-0.4, -0.2) is 17.1 Å². The number of rotatable bonds is 5. The number of benzene rings is 3. The van der Waals surface area contributed by atoms with Gasteiger partial charge in [-0.15, -0.1) is 0 Å². The molecule has 0 amide bonds. The number of hydrogen-bond acceptors (Lipinski definition) is 5. The lowest BCUT2D eigenvalue weighted by Gasteiger charge is -2.25. The number of halogens is 2. The van der Waals surface area contributed by atoms with Crippen molar-refractivity contribution in [2.45, 2.75) is 13.0 Å². The maximum absolute atomic E-state index is 13.8. The smallest absolute Gasteiger partial charge is 0.338 e. The molecule has 0 spiro atoms. The van der Waals surface area contributed by atoms with Crippen molar-refractivity contribution in [3.05, 3.63) is 130 Å². The maximum Gasteiger partial charge on any atom is 0.338 e. The van der Waals surface area contributed by atoms with Gasteiger partial charge in [-0.3, -0.25) is 9.36 Å². The molecule has 3 aromatic carbocycles. The molecule has 0 radical (unpaired) electrons. The molecular weight excluding hydrogens is 590 g/mol. The Balaban J connectivity index is 1.83. The van der Waals surface area contributed by atoms with Crippen molar-refractivity contribution < 1.29 is 13.9 Å². The van der Waals surface area contributed by atoms with Gasteiger partial charge in [0.25, 0.3) is 5.56 Å². The Labute approximate surface area is 224 Å². The van der Waals surface area contributed by atoms with Gasteiger partial charge in [-0.25, -0.2) is 14.2 Å². The molecule has 0 bridgehead atoms. The normalized spacial score (nSPS) is 15.4. The van der Waals surface area contributed by atoms with E-state index in [0.29, 0.717) is 20.6 Å². The standard InChI is InChI=1S/C28H20FIN2O3S/c1-2-35-27(34)23-24(18-8-4-3-5-9-18)31-28-32(25(23)19-11-13-20(29)14-12-19)26(33)22(36-28)16-17-7-6-10-21(30)15-17/h3-16,25H,2H2,1H3/b22-16+/t25-/m0/s1. The van der Waals surface area contributed by atoms with Gasteiger partial charge in [0.05, 0.1) is 28.5 Å². The lowest BCUT2D eigenvalue weighted by Crippen LogP contribution is -2.40. The monoisotopic (exact) mass is 610 g/mol. The fraction of sp³-hybridized carbons (Fsp3) is 0.107. The highest BCUT2D eigenvalue weighted by molar-refractivity contribution is 14.1. The number of carbonyl (C=O) groups is 1. The van der Waals surface area contributed by atoms with Crippen LogP contribution >= 0.6 is 33.9 Å². The SMILES string of the molecule is CCOC(=O)C1=C(c2ccccc2)N=c2s/c(=C/c3cccc(I)c3)c(=O)n2[C@H]1c1ccc(F)cc1. The highest BCUT2D eigenvalue weighted by Gasteiger charge is 2.35. The van der Waals surface area contributed by atoms with Gasteiger partial charge in [0, 0.05) is 9.13 Å². The molecule has 0 aliphatic carbocycles. The molecule has 1 aliphatic rings. The summed E-state index contributed by atoms with van der Waals surface area (Å²) in [4.78, 5) is 32.4. The first kappa shape index (κ1) is 24.3. The van der Waals surface area contributed by atoms with Gasteiger partial charge in [0.2, 0.25) is 0 Å². The second-order valence-electron chi connectivity index (χ2n) is 8.04. The second kappa shape index (κ2) is 10.3. The molecule has 180 valence electrons. The zero-order valence-corrected chi connectivity index (χ0v) is 22.1. The third-order valence-corrected chi connectivity index (χ3v) is 7.36. The van der Waals surface area contributed by atoms with E-state index in [4.69, 9.17) is 9.73 Å². The number of aromatic nitrogens is 1. The fourth-order valence-electron chi connectivity index (χ4n) is 4.15. The van der Waals surface area contributed by atoms with E-state index < -0.39 is 17.8 Å². The molecule has 2 heterocycles. The van der Waals surface area contributed by atoms with Crippen LogP contribution in [0.25, 0.3) is 11.8 Å². The Kier molecular flexibility index (Phi) is 6.97. The van der Waals surface area contributed by atoms with Gasteiger partial charge >= 0.3 is 5.97 Å². The van der Waals surface area contributed by atoms with Crippen LogP contribution < -0.4 is 14.9 Å². The average Bonchev–Trinajstić information content (AvgIpc) is 3.19. The summed E-state index contributed by atoms with van der Waals surface area (Å²) in [7, 11) is 0. The van der Waals surface area contributed by atoms with Gasteiger partial charge in [-0.1, -0.05) is 65.9 Å². The summed E-state index contributed by atoms with van der Waals surface area (Å²) >= 11 is 3.48. The zero-order chi connectivity index (χ0) is 25.2. The first-order valence-electron chi connectivity index (χ1n) is 11.3. The fourth-order valence-corrected chi connectivity index (χ4v) is 5.72. The average molecular weight is 610 g/mol. The molecule has 0 unspecified atom stereocenters. The number of thiazole rings is 1. The number of ether oxygens (including phenoxy) is 1. The van der Waals surface area contributed by atoms with Crippen LogP contribution in [-0.2, 0) is 9.53 Å². The van der Waals surface area contributed by atoms with Crippen molar-refractivity contribution in [2.75, 3.05) is 6.61 Å². The predicted octanol–water partition coefficient (Wildman–Crippen LogP) is 4.68. The van der Waals surface area contributed by atoms with E-state index in [9.17, 15) is 14.0 Å². The van der Waals surface area contributed by atoms with Crippen molar-refractivity contribution >= 4 is 51.7 Å². The number of hydrogen-bond donors (Lipinski definition) is 0. The van der Waals surface area contributed by atoms with Crippen molar-refractivity contribution in [3.63, 3.8) is 0 Å². The molecule has 1 aromatic heterocycles. The number of fused-ring (bicyclic) bond motifs is 1. The molecule has 0 fully saturated rings. The van der Waals surface area contributed by atoms with E-state index in [2.05, 4.69) is 22.6 Å². The van der Waals surface area contributed by atoms with E-state index in [1.165, 1.54) is 28.0 Å². The summed E-state index contributed by atoms with van der Waals surface area (Å²) in [6.07, 6.45) is 1.82. The summed E-state index contributed by atoms with van der Waals surface area (Å²) in [5, 5.41) is 0. The molecule has 0 N–H and O–H groups in total. The van der Waals surface area contributed by atoms with Crippen LogP contribution in [0, 0.1) is 9.39 Å². The summed E-state index contributed by atoms with van der Waals surface area (Å²) in [5.74, 6) is -0.976. The summed E-state index contributed by atoms with van der Waals surface area (Å²) in [5.41, 5.74) is 2.60. The van der Waals surface area contributed by atoms with Gasteiger partial charge < -0.3 is 4.74 Å². The minimum atomic E-state index is -0.825. The van der Waals surface area contributed by atoms with Crippen molar-refractivity contribution in [3.8, 4) is 0 Å². The molecule has 8 heteroatoms. The molecule has 0 saturated carbocycles. The molecule has 5 nitrogen and oxygen atoms in total. The minimum Gasteiger partial charge on any atom is -0.463 e. The first-order chi connectivity index (χ1) is 17.5. The molecule has 1 atom stereocenters. The second-order valence-corrected chi connectivity index (χ2v) is 10.3. The molecule has 36 heavy (non-hydrogen) atoms. The van der Waals surface area contributed by atoms with Crippen LogP contribution in [0.2, 0.25) is 0 Å². The van der Waals surface area contributed by atoms with E-state index in [-0.39, 0.29) is 17.7 Å². The Morgan fingerprint density at radius 2 is 1.86 bits per heavy atom. The van der Waals surface area contributed by atoms with Crippen molar-refractivity contribution in [1.29, 1.82) is 0 Å². The predicted molar refractivity (Wildman–Crippen MR) is 147 cm³/mol. The number of nitrogens with zero attached hydrogens (tertiary/aromatic N) is 2. The zero-order valence-electron chi connectivity index (χ0n) is 19.2. The highest BCUT2D eigenvalue weighted by atomic mass is 127. The van der Waals surface area contributed by atoms with Crippen molar-refractivity contribution in [2.24, 2.45) is 4.99 Å². The first-order valence-corrected chi connectivity index (χ1v) is 13.2. The van der Waals surface area contributed by atoms with Crippen LogP contribution in [0.3, 0.4) is 0 Å². The molecule has 0 saturated heterocycles. The van der Waals surface area contributed by atoms with Crippen LogP contribution in [0.5, 0.6) is 0 Å². The van der Waals surface area contributed by atoms with E-state index >= 15 is 0 Å². The Morgan fingerprint density at radius 3 is 2.56 bits per heavy atom. The largest absolute Gasteiger partial charge is 0.463 e. The van der Waals surface area contributed by atoms with E-state index in [0.717, 1.165) is 14.7 Å². The highest BCUT2D eigenvalue weighted by Crippen LogP contribution is 2.35. The van der Waals surface area contributed by atoms with Gasteiger partial charge in [-0.05, 0) is 71.0 Å². The quantitative estimate of drug-likeness (QED) is 0.244. The summed E-state index contributed by atoms with van der Waals surface area (Å²) < 4.78 is 22.3. The lowest BCUT2D eigenvalue weighted by atomic mass is 9.93. The van der Waals surface area contributed by atoms with Crippen LogP contribution in [0.15, 0.2) is 94.2 Å². The lowest BCUT2D eigenvalue weighted by molar-refractivity contribution is -0.138. The van der Waals surface area contributed by atoms with E-state index in [1.807, 2.05) is 60.7 Å². The topological polar surface area (TPSA) is 60.7 Å². The van der Waals surface area contributed by atoms with Crippen LogP contribution in [0.1, 0.15) is 29.7 Å². The molecule has 4 aromatic rings. The minimum absolute atomic E-state index is 0.164. The Morgan fingerprint density at radius 1 is 1.11 bits per heavy atom.